The Morgan fingerprint density at radius 1 is 1.11 bits per heavy atom. The molecular weight excluding hydrogens is 354 g/mol. The zero-order valence-corrected chi connectivity index (χ0v) is 16.9. The zero-order chi connectivity index (χ0) is 19.5. The first-order valence-electron chi connectivity index (χ1n) is 10.6. The van der Waals surface area contributed by atoms with Gasteiger partial charge in [0.05, 0.1) is 19.1 Å². The molecule has 0 aliphatic carbocycles. The highest BCUT2D eigenvalue weighted by Crippen LogP contribution is 2.28. The maximum absolute atomic E-state index is 13.0. The van der Waals surface area contributed by atoms with Crippen LogP contribution < -0.4 is 4.90 Å². The topological polar surface area (TPSA) is 53.1 Å². The average molecular weight is 386 g/mol. The fourth-order valence-electron chi connectivity index (χ4n) is 4.60. The molecule has 3 heterocycles. The van der Waals surface area contributed by atoms with Crippen molar-refractivity contribution in [1.29, 1.82) is 0 Å². The number of fused-ring (bicyclic) bond motifs is 1. The Kier molecular flexibility index (Phi) is 5.97. The van der Waals surface area contributed by atoms with E-state index >= 15 is 0 Å². The second-order valence-corrected chi connectivity index (χ2v) is 8.30. The largest absolute Gasteiger partial charge is 0.381 e. The fourth-order valence-corrected chi connectivity index (χ4v) is 4.60. The zero-order valence-electron chi connectivity index (χ0n) is 16.9. The van der Waals surface area contributed by atoms with Crippen LogP contribution in [0.3, 0.4) is 0 Å². The number of carbonyl (C=O) groups is 2. The van der Waals surface area contributed by atoms with Gasteiger partial charge in [0.15, 0.2) is 0 Å². The number of hydrogen-bond donors (Lipinski definition) is 0. The third kappa shape index (κ3) is 4.23. The molecule has 3 aliphatic heterocycles. The predicted molar refractivity (Wildman–Crippen MR) is 108 cm³/mol. The first-order valence-corrected chi connectivity index (χ1v) is 10.6. The van der Waals surface area contributed by atoms with Gasteiger partial charge in [-0.1, -0.05) is 17.7 Å². The number of nitrogens with zero attached hydrogens (tertiary/aromatic N) is 3. The highest BCUT2D eigenvalue weighted by Gasteiger charge is 2.30. The van der Waals surface area contributed by atoms with E-state index in [1.54, 1.807) is 0 Å². The van der Waals surface area contributed by atoms with Gasteiger partial charge in [0.1, 0.15) is 0 Å². The summed E-state index contributed by atoms with van der Waals surface area (Å²) in [5.41, 5.74) is 3.61. The molecule has 2 saturated heterocycles. The van der Waals surface area contributed by atoms with Crippen molar-refractivity contribution in [1.82, 2.24) is 9.80 Å². The highest BCUT2D eigenvalue weighted by molar-refractivity contribution is 5.96. The van der Waals surface area contributed by atoms with Crippen LogP contribution in [-0.2, 0) is 20.7 Å². The third-order valence-corrected chi connectivity index (χ3v) is 6.19. The molecule has 6 heteroatoms. The molecule has 1 aromatic carbocycles. The number of amides is 2. The first kappa shape index (κ1) is 19.4. The normalized spacial score (nSPS) is 23.4. The molecule has 1 unspecified atom stereocenters. The Morgan fingerprint density at radius 2 is 2.00 bits per heavy atom. The molecule has 1 aromatic rings. The summed E-state index contributed by atoms with van der Waals surface area (Å²) in [6.07, 6.45) is 3.83. The van der Waals surface area contributed by atoms with Gasteiger partial charge in [0, 0.05) is 45.0 Å². The molecular formula is C22H31N3O3. The molecule has 0 saturated carbocycles. The summed E-state index contributed by atoms with van der Waals surface area (Å²) in [6, 6.07) is 6.39. The van der Waals surface area contributed by atoms with Crippen molar-refractivity contribution in [3.05, 3.63) is 29.3 Å². The number of hydrogen-bond acceptors (Lipinski definition) is 4. The number of rotatable bonds is 3. The lowest BCUT2D eigenvalue weighted by molar-refractivity contribution is -0.135. The maximum Gasteiger partial charge on any atom is 0.241 e. The van der Waals surface area contributed by atoms with Crippen molar-refractivity contribution in [2.45, 2.75) is 32.6 Å². The van der Waals surface area contributed by atoms with Crippen LogP contribution in [0.2, 0.25) is 0 Å². The lowest BCUT2D eigenvalue weighted by Gasteiger charge is -2.32. The summed E-state index contributed by atoms with van der Waals surface area (Å²) < 4.78 is 5.37. The van der Waals surface area contributed by atoms with E-state index in [0.29, 0.717) is 26.3 Å². The lowest BCUT2D eigenvalue weighted by Crippen LogP contribution is -2.44. The van der Waals surface area contributed by atoms with Gasteiger partial charge in [-0.15, -0.1) is 0 Å². The van der Waals surface area contributed by atoms with Crippen LogP contribution in [0, 0.1) is 12.8 Å². The Labute approximate surface area is 167 Å². The monoisotopic (exact) mass is 385 g/mol. The number of anilines is 1. The standard InChI is InChI=1S/C22H31N3O3/c1-17-5-6-20-18(14-17)4-2-10-25(20)21(26)15-23-8-3-9-24(12-11-23)22(27)19-7-13-28-16-19/h5-6,14,19H,2-4,7-13,15-16H2,1H3. The van der Waals surface area contributed by atoms with Crippen molar-refractivity contribution in [3.8, 4) is 0 Å². The summed E-state index contributed by atoms with van der Waals surface area (Å²) >= 11 is 0. The van der Waals surface area contributed by atoms with E-state index < -0.39 is 0 Å². The van der Waals surface area contributed by atoms with E-state index in [2.05, 4.69) is 30.0 Å². The second-order valence-electron chi connectivity index (χ2n) is 8.30. The van der Waals surface area contributed by atoms with Gasteiger partial charge in [-0.25, -0.2) is 0 Å². The van der Waals surface area contributed by atoms with E-state index in [1.165, 1.54) is 11.1 Å². The van der Waals surface area contributed by atoms with Gasteiger partial charge in [-0.3, -0.25) is 14.5 Å². The molecule has 0 spiro atoms. The predicted octanol–water partition coefficient (Wildman–Crippen LogP) is 1.85. The second kappa shape index (κ2) is 8.62. The Morgan fingerprint density at radius 3 is 2.82 bits per heavy atom. The van der Waals surface area contributed by atoms with Crippen molar-refractivity contribution in [3.63, 3.8) is 0 Å². The minimum absolute atomic E-state index is 0.0292. The van der Waals surface area contributed by atoms with E-state index in [9.17, 15) is 9.59 Å². The maximum atomic E-state index is 13.0. The number of ether oxygens (including phenoxy) is 1. The molecule has 0 radical (unpaired) electrons. The molecule has 1 atom stereocenters. The summed E-state index contributed by atoms with van der Waals surface area (Å²) in [5, 5.41) is 0. The Hall–Kier alpha value is -1.92. The van der Waals surface area contributed by atoms with E-state index in [-0.39, 0.29) is 17.7 Å². The Bertz CT molecular complexity index is 730. The summed E-state index contributed by atoms with van der Waals surface area (Å²) in [6.45, 7) is 7.71. The van der Waals surface area contributed by atoms with Crippen LogP contribution in [0.25, 0.3) is 0 Å². The van der Waals surface area contributed by atoms with Gasteiger partial charge < -0.3 is 14.5 Å². The third-order valence-electron chi connectivity index (χ3n) is 6.19. The number of carbonyl (C=O) groups excluding carboxylic acids is 2. The first-order chi connectivity index (χ1) is 13.6. The van der Waals surface area contributed by atoms with Crippen LogP contribution in [0.4, 0.5) is 5.69 Å². The van der Waals surface area contributed by atoms with Crippen LogP contribution in [0.15, 0.2) is 18.2 Å². The smallest absolute Gasteiger partial charge is 0.241 e. The van der Waals surface area contributed by atoms with Crippen LogP contribution in [-0.4, -0.2) is 74.1 Å². The minimum atomic E-state index is 0.0292. The van der Waals surface area contributed by atoms with Gasteiger partial charge >= 0.3 is 0 Å². The van der Waals surface area contributed by atoms with Crippen LogP contribution in [0.1, 0.15) is 30.4 Å². The van der Waals surface area contributed by atoms with Crippen molar-refractivity contribution >= 4 is 17.5 Å². The number of benzene rings is 1. The minimum Gasteiger partial charge on any atom is -0.381 e. The molecule has 28 heavy (non-hydrogen) atoms. The molecule has 2 amide bonds. The Balaban J connectivity index is 1.35. The molecule has 0 bridgehead atoms. The van der Waals surface area contributed by atoms with E-state index in [1.807, 2.05) is 9.80 Å². The summed E-state index contributed by atoms with van der Waals surface area (Å²) in [4.78, 5) is 31.8. The van der Waals surface area contributed by atoms with Crippen molar-refractivity contribution in [2.24, 2.45) is 5.92 Å². The molecule has 0 N–H and O–H groups in total. The van der Waals surface area contributed by atoms with Gasteiger partial charge in [-0.05, 0) is 44.2 Å². The van der Waals surface area contributed by atoms with Crippen LogP contribution >= 0.6 is 0 Å². The van der Waals surface area contributed by atoms with Crippen molar-refractivity contribution in [2.75, 3.05) is 57.4 Å². The van der Waals surface area contributed by atoms with Gasteiger partial charge in [0.2, 0.25) is 11.8 Å². The lowest BCUT2D eigenvalue weighted by atomic mass is 9.99. The molecule has 4 rings (SSSR count). The SMILES string of the molecule is Cc1ccc2c(c1)CCCN2C(=O)CN1CCCN(C(=O)C2CCOC2)CC1. The van der Waals surface area contributed by atoms with Gasteiger partial charge in [0.25, 0.3) is 0 Å². The quantitative estimate of drug-likeness (QED) is 0.797. The fraction of sp³-hybridized carbons (Fsp3) is 0.636. The summed E-state index contributed by atoms with van der Waals surface area (Å²) in [7, 11) is 0. The van der Waals surface area contributed by atoms with Crippen molar-refractivity contribution < 1.29 is 14.3 Å². The molecule has 0 aromatic heterocycles. The highest BCUT2D eigenvalue weighted by atomic mass is 16.5. The summed E-state index contributed by atoms with van der Waals surface area (Å²) in [5.74, 6) is 0.432. The number of aryl methyl sites for hydroxylation is 2. The van der Waals surface area contributed by atoms with E-state index in [4.69, 9.17) is 4.74 Å². The van der Waals surface area contributed by atoms with Gasteiger partial charge in [-0.2, -0.15) is 0 Å². The molecule has 2 fully saturated rings. The van der Waals surface area contributed by atoms with Crippen LogP contribution in [0.5, 0.6) is 0 Å². The molecule has 6 nitrogen and oxygen atoms in total. The molecule has 152 valence electrons. The van der Waals surface area contributed by atoms with E-state index in [0.717, 1.165) is 57.5 Å². The molecule has 3 aliphatic rings. The average Bonchev–Trinajstić information content (AvgIpc) is 3.14.